The molecule has 0 bridgehead atoms. The Labute approximate surface area is 206 Å². The summed E-state index contributed by atoms with van der Waals surface area (Å²) in [5.74, 6) is 0.498. The molecule has 6 N–H and O–H groups in total. The second-order valence-electron chi connectivity index (χ2n) is 8.77. The van der Waals surface area contributed by atoms with E-state index in [9.17, 15) is 5.11 Å². The molecule has 0 saturated heterocycles. The van der Waals surface area contributed by atoms with Gasteiger partial charge in [0, 0.05) is 45.7 Å². The van der Waals surface area contributed by atoms with Gasteiger partial charge in [0.15, 0.2) is 0 Å². The number of aliphatic hydroxyl groups excluding tert-OH is 1. The minimum Gasteiger partial charge on any atom is -0.487 e. The topological polar surface area (TPSA) is 106 Å². The van der Waals surface area contributed by atoms with Crippen LogP contribution in [-0.4, -0.2) is 36.1 Å². The van der Waals surface area contributed by atoms with Crippen LogP contribution in [0.25, 0.3) is 5.57 Å². The number of ether oxygens (including phenoxy) is 1. The Hall–Kier alpha value is -2.25. The summed E-state index contributed by atoms with van der Waals surface area (Å²) in [5, 5.41) is 13.9. The molecule has 2 aromatic rings. The van der Waals surface area contributed by atoms with E-state index in [-0.39, 0.29) is 24.8 Å². The van der Waals surface area contributed by atoms with E-state index < -0.39 is 0 Å². The number of nitrogens with one attached hydrogen (secondary N) is 1. The number of nitrogens with zero attached hydrogens (tertiary/aromatic N) is 1. The molecule has 0 saturated carbocycles. The van der Waals surface area contributed by atoms with Gasteiger partial charge in [-0.3, -0.25) is 4.99 Å². The molecule has 180 valence electrons. The fourth-order valence-electron chi connectivity index (χ4n) is 3.11. The Morgan fingerprint density at radius 2 is 1.88 bits per heavy atom. The molecule has 1 atom stereocenters. The third kappa shape index (κ3) is 8.89. The average Bonchev–Trinajstić information content (AvgIpc) is 2.74. The van der Waals surface area contributed by atoms with E-state index >= 15 is 0 Å². The van der Waals surface area contributed by atoms with Gasteiger partial charge in [-0.05, 0) is 70.0 Å². The van der Waals surface area contributed by atoms with Crippen LogP contribution < -0.4 is 21.5 Å². The number of rotatable bonds is 11. The van der Waals surface area contributed by atoms with Crippen LogP contribution in [0.15, 0.2) is 47.6 Å². The fraction of sp³-hybridized carbons (Fsp3) is 0.400. The Bertz CT molecular complexity index is 951. The molecule has 0 aromatic heterocycles. The van der Waals surface area contributed by atoms with Crippen LogP contribution in [0.4, 0.5) is 5.69 Å². The van der Waals surface area contributed by atoms with Crippen LogP contribution in [0.2, 0.25) is 10.0 Å². The minimum absolute atomic E-state index is 0.0216. The summed E-state index contributed by atoms with van der Waals surface area (Å²) in [5.41, 5.74) is 14.8. The summed E-state index contributed by atoms with van der Waals surface area (Å²) in [6.07, 6.45) is 4.61. The number of allylic oxidation sites excluding steroid dienone is 1. The van der Waals surface area contributed by atoms with Crippen LogP contribution in [0, 0.1) is 0 Å². The van der Waals surface area contributed by atoms with Crippen molar-refractivity contribution in [1.82, 2.24) is 5.32 Å². The number of aliphatic hydroxyl groups is 1. The zero-order valence-corrected chi connectivity index (χ0v) is 21.0. The summed E-state index contributed by atoms with van der Waals surface area (Å²) in [4.78, 5) is 4.67. The summed E-state index contributed by atoms with van der Waals surface area (Å²) >= 11 is 12.5. The lowest BCUT2D eigenvalue weighted by Crippen LogP contribution is -2.37. The van der Waals surface area contributed by atoms with E-state index in [2.05, 4.69) is 31.1 Å². The first-order valence-electron chi connectivity index (χ1n) is 10.9. The molecular weight excluding hydrogens is 459 g/mol. The van der Waals surface area contributed by atoms with Gasteiger partial charge in [-0.25, -0.2) is 0 Å². The number of benzene rings is 2. The van der Waals surface area contributed by atoms with Crippen molar-refractivity contribution in [2.45, 2.75) is 51.8 Å². The molecule has 2 rings (SSSR count). The number of hydrogen-bond donors (Lipinski definition) is 4. The predicted molar refractivity (Wildman–Crippen MR) is 140 cm³/mol. The predicted octanol–water partition coefficient (Wildman–Crippen LogP) is 5.05. The highest BCUT2D eigenvalue weighted by molar-refractivity contribution is 6.35. The van der Waals surface area contributed by atoms with Gasteiger partial charge in [0.25, 0.3) is 0 Å². The third-order valence-electron chi connectivity index (χ3n) is 4.98. The Morgan fingerprint density at radius 3 is 2.48 bits per heavy atom. The quantitative estimate of drug-likeness (QED) is 0.259. The largest absolute Gasteiger partial charge is 0.487 e. The van der Waals surface area contributed by atoms with Gasteiger partial charge in [-0.1, -0.05) is 35.3 Å². The first-order chi connectivity index (χ1) is 15.6. The molecule has 2 aromatic carbocycles. The van der Waals surface area contributed by atoms with Crippen LogP contribution in [-0.2, 0) is 6.61 Å². The number of nitrogens with two attached hydrogens (primary N) is 2. The Kier molecular flexibility index (Phi) is 10.5. The van der Waals surface area contributed by atoms with E-state index in [1.807, 2.05) is 12.1 Å². The van der Waals surface area contributed by atoms with Crippen LogP contribution >= 0.6 is 23.2 Å². The van der Waals surface area contributed by atoms with Crippen molar-refractivity contribution in [1.29, 1.82) is 0 Å². The smallest absolute Gasteiger partial charge is 0.143 e. The second-order valence-corrected chi connectivity index (χ2v) is 9.59. The summed E-state index contributed by atoms with van der Waals surface area (Å²) < 4.78 is 5.92. The fourth-order valence-corrected chi connectivity index (χ4v) is 3.62. The van der Waals surface area contributed by atoms with E-state index in [1.54, 1.807) is 30.5 Å². The van der Waals surface area contributed by atoms with Crippen LogP contribution in [0.1, 0.15) is 44.7 Å². The van der Waals surface area contributed by atoms with Gasteiger partial charge in [0.2, 0.25) is 0 Å². The maximum absolute atomic E-state index is 9.41. The molecule has 0 amide bonds. The molecule has 8 heteroatoms. The zero-order valence-electron chi connectivity index (χ0n) is 19.4. The first-order valence-corrected chi connectivity index (χ1v) is 11.7. The van der Waals surface area contributed by atoms with Crippen molar-refractivity contribution in [2.24, 2.45) is 10.7 Å². The number of halogens is 2. The molecule has 33 heavy (non-hydrogen) atoms. The summed E-state index contributed by atoms with van der Waals surface area (Å²) in [7, 11) is 0. The van der Waals surface area contributed by atoms with Crippen LogP contribution in [0.5, 0.6) is 5.75 Å². The molecule has 0 fully saturated rings. The van der Waals surface area contributed by atoms with Gasteiger partial charge < -0.3 is 26.6 Å². The van der Waals surface area contributed by atoms with E-state index in [0.717, 1.165) is 24.1 Å². The molecule has 1 unspecified atom stereocenters. The highest BCUT2D eigenvalue weighted by Crippen LogP contribution is 2.30. The molecule has 0 aliphatic heterocycles. The van der Waals surface area contributed by atoms with Crippen molar-refractivity contribution >= 4 is 40.7 Å². The molecular formula is C25H34Cl2N4O2. The normalized spacial score (nSPS) is 13.5. The van der Waals surface area contributed by atoms with Crippen molar-refractivity contribution in [2.75, 3.05) is 18.9 Å². The molecule has 0 radical (unpaired) electrons. The summed E-state index contributed by atoms with van der Waals surface area (Å²) in [6, 6.07) is 10.7. The molecule has 0 heterocycles. The van der Waals surface area contributed by atoms with E-state index in [0.29, 0.717) is 33.5 Å². The van der Waals surface area contributed by atoms with Gasteiger partial charge in [0.05, 0.1) is 11.7 Å². The van der Waals surface area contributed by atoms with Crippen LogP contribution in [0.3, 0.4) is 0 Å². The third-order valence-corrected chi connectivity index (χ3v) is 5.69. The van der Waals surface area contributed by atoms with Crippen molar-refractivity contribution in [3.8, 4) is 5.75 Å². The molecule has 0 aliphatic carbocycles. The van der Waals surface area contributed by atoms with E-state index in [1.165, 1.54) is 6.20 Å². The monoisotopic (exact) mass is 492 g/mol. The van der Waals surface area contributed by atoms with Crippen molar-refractivity contribution in [3.63, 3.8) is 0 Å². The van der Waals surface area contributed by atoms with Gasteiger partial charge >= 0.3 is 0 Å². The average molecular weight is 493 g/mol. The zero-order chi connectivity index (χ0) is 24.4. The Balaban J connectivity index is 2.13. The lowest BCUT2D eigenvalue weighted by atomic mass is 10.1. The molecule has 0 aliphatic rings. The number of hydrogen-bond acceptors (Lipinski definition) is 6. The van der Waals surface area contributed by atoms with Gasteiger partial charge in [-0.2, -0.15) is 0 Å². The minimum atomic E-state index is -0.0216. The SMILES string of the molecule is CC(C)(C)NCCC(CCO)N=C/C(=C\N)c1ccc(N)c(OCc2c(Cl)cccc2Cl)c1. The maximum Gasteiger partial charge on any atom is 0.143 e. The lowest BCUT2D eigenvalue weighted by molar-refractivity contribution is 0.271. The number of aliphatic imine (C=N–C) groups is 1. The highest BCUT2D eigenvalue weighted by Gasteiger charge is 2.12. The first kappa shape index (κ1) is 27.0. The summed E-state index contributed by atoms with van der Waals surface area (Å²) in [6.45, 7) is 7.41. The number of nitrogen functional groups attached to an aromatic ring is 1. The molecule has 6 nitrogen and oxygen atoms in total. The maximum atomic E-state index is 9.41. The van der Waals surface area contributed by atoms with Crippen molar-refractivity contribution < 1.29 is 9.84 Å². The second kappa shape index (κ2) is 12.8. The lowest BCUT2D eigenvalue weighted by Gasteiger charge is -2.22. The van der Waals surface area contributed by atoms with Gasteiger partial charge in [0.1, 0.15) is 12.4 Å². The Morgan fingerprint density at radius 1 is 1.18 bits per heavy atom. The van der Waals surface area contributed by atoms with Gasteiger partial charge in [-0.15, -0.1) is 0 Å². The van der Waals surface area contributed by atoms with E-state index in [4.69, 9.17) is 39.4 Å². The van der Waals surface area contributed by atoms with Crippen molar-refractivity contribution in [3.05, 3.63) is 63.8 Å². The standard InChI is InChI=1S/C25H34Cl2N4O2/c1-25(2,3)31-11-9-19(10-12-32)30-15-18(14-28)17-7-8-23(29)24(13-17)33-16-20-21(26)5-4-6-22(20)27/h4-8,13-15,19,31-32H,9-12,16,28-29H2,1-3H3/b18-14+,30-15?. The number of anilines is 1. The molecule has 0 spiro atoms. The highest BCUT2D eigenvalue weighted by atomic mass is 35.5.